The number of carbonyl (C=O) groups excluding carboxylic acids is 1. The van der Waals surface area contributed by atoms with Crippen LogP contribution in [0.5, 0.6) is 0 Å². The molecule has 0 amide bonds. The number of aryl methyl sites for hydroxylation is 1. The summed E-state index contributed by atoms with van der Waals surface area (Å²) in [4.78, 5) is 12.0. The van der Waals surface area contributed by atoms with E-state index >= 15 is 0 Å². The molecule has 1 heterocycles. The minimum absolute atomic E-state index is 0.0710. The lowest BCUT2D eigenvalue weighted by Crippen LogP contribution is -2.44. The summed E-state index contributed by atoms with van der Waals surface area (Å²) >= 11 is 0. The number of benzene rings is 2. The summed E-state index contributed by atoms with van der Waals surface area (Å²) in [7, 11) is -3.32. The maximum atomic E-state index is 13.0. The molecule has 186 valence electrons. The largest absolute Gasteiger partial charge is 0.466 e. The second-order valence-electron chi connectivity index (χ2n) is 9.26. The average Bonchev–Trinajstić information content (AvgIpc) is 2.85. The lowest BCUT2D eigenvalue weighted by Gasteiger charge is -2.35. The van der Waals surface area contributed by atoms with Gasteiger partial charge in [0, 0.05) is 19.0 Å². The summed E-state index contributed by atoms with van der Waals surface area (Å²) in [5.41, 5.74) is 2.16. The number of hydrogen-bond donors (Lipinski definition) is 0. The van der Waals surface area contributed by atoms with Gasteiger partial charge in [-0.05, 0) is 56.1 Å². The Hall–Kier alpha value is -2.18. The number of sulfonamides is 1. The van der Waals surface area contributed by atoms with Crippen molar-refractivity contribution in [2.75, 3.05) is 13.2 Å². The normalized spacial score (nSPS) is 16.9. The Kier molecular flexibility index (Phi) is 11.1. The highest BCUT2D eigenvalue weighted by molar-refractivity contribution is 7.88. The van der Waals surface area contributed by atoms with Crippen LogP contribution in [0.1, 0.15) is 75.3 Å². The Morgan fingerprint density at radius 1 is 0.853 bits per heavy atom. The van der Waals surface area contributed by atoms with Crippen molar-refractivity contribution in [2.45, 2.75) is 82.4 Å². The molecule has 2 aromatic rings. The third-order valence-corrected chi connectivity index (χ3v) is 8.40. The number of esters is 1. The zero-order chi connectivity index (χ0) is 24.1. The highest BCUT2D eigenvalue weighted by Crippen LogP contribution is 2.26. The van der Waals surface area contributed by atoms with Gasteiger partial charge in [-0.3, -0.25) is 4.79 Å². The summed E-state index contributed by atoms with van der Waals surface area (Å²) in [5.74, 6) is -0.0499. The van der Waals surface area contributed by atoms with E-state index in [1.807, 2.05) is 48.5 Å². The maximum absolute atomic E-state index is 13.0. The van der Waals surface area contributed by atoms with Crippen molar-refractivity contribution in [3.63, 3.8) is 0 Å². The van der Waals surface area contributed by atoms with Gasteiger partial charge in [0.1, 0.15) is 0 Å². The quantitative estimate of drug-likeness (QED) is 0.247. The number of unbranched alkanes of at least 4 members (excludes halogenated alkanes) is 3. The zero-order valence-corrected chi connectivity index (χ0v) is 21.1. The van der Waals surface area contributed by atoms with Gasteiger partial charge in [-0.2, -0.15) is 4.31 Å². The first kappa shape index (κ1) is 26.4. The fourth-order valence-electron chi connectivity index (χ4n) is 4.66. The van der Waals surface area contributed by atoms with Gasteiger partial charge >= 0.3 is 5.97 Å². The Balaban J connectivity index is 1.29. The molecule has 1 saturated heterocycles. The first-order chi connectivity index (χ1) is 16.5. The molecule has 0 saturated carbocycles. The van der Waals surface area contributed by atoms with Crippen LogP contribution in [0.3, 0.4) is 0 Å². The second kappa shape index (κ2) is 14.3. The number of rotatable bonds is 14. The van der Waals surface area contributed by atoms with Crippen LogP contribution in [0, 0.1) is 0 Å². The first-order valence-corrected chi connectivity index (χ1v) is 14.4. The minimum atomic E-state index is -3.32. The summed E-state index contributed by atoms with van der Waals surface area (Å²) in [6.45, 7) is 1.11. The molecule has 1 unspecified atom stereocenters. The van der Waals surface area contributed by atoms with Crippen LogP contribution in [0.2, 0.25) is 0 Å². The van der Waals surface area contributed by atoms with E-state index in [4.69, 9.17) is 4.74 Å². The third-order valence-electron chi connectivity index (χ3n) is 6.51. The highest BCUT2D eigenvalue weighted by atomic mass is 32.2. The molecule has 1 fully saturated rings. The van der Waals surface area contributed by atoms with Crippen LogP contribution in [0.4, 0.5) is 0 Å². The van der Waals surface area contributed by atoms with E-state index in [-0.39, 0.29) is 17.8 Å². The van der Waals surface area contributed by atoms with Crippen molar-refractivity contribution in [3.8, 4) is 0 Å². The molecule has 0 radical (unpaired) electrons. The van der Waals surface area contributed by atoms with Gasteiger partial charge in [0.05, 0.1) is 12.4 Å². The van der Waals surface area contributed by atoms with Crippen molar-refractivity contribution in [2.24, 2.45) is 0 Å². The van der Waals surface area contributed by atoms with Crippen molar-refractivity contribution in [1.29, 1.82) is 0 Å². The molecule has 34 heavy (non-hydrogen) atoms. The molecule has 5 nitrogen and oxygen atoms in total. The Bertz CT molecular complexity index is 947. The molecule has 0 aromatic heterocycles. The predicted octanol–water partition coefficient (Wildman–Crippen LogP) is 5.89. The Morgan fingerprint density at radius 2 is 1.56 bits per heavy atom. The monoisotopic (exact) mass is 485 g/mol. The first-order valence-electron chi connectivity index (χ1n) is 12.8. The molecule has 0 aliphatic carbocycles. The summed E-state index contributed by atoms with van der Waals surface area (Å²) in [6, 6.07) is 19.9. The van der Waals surface area contributed by atoms with Gasteiger partial charge in [0.2, 0.25) is 10.0 Å². The SMILES string of the molecule is O=C(CCCCCC1CCCCN1S(=O)(=O)Cc1ccccc1)OCCCCc1ccccc1. The molecule has 6 heteroatoms. The summed E-state index contributed by atoms with van der Waals surface area (Å²) in [6.07, 6.45) is 9.82. The van der Waals surface area contributed by atoms with Crippen molar-refractivity contribution >= 4 is 16.0 Å². The Morgan fingerprint density at radius 3 is 2.29 bits per heavy atom. The van der Waals surface area contributed by atoms with Crippen molar-refractivity contribution in [1.82, 2.24) is 4.31 Å². The van der Waals surface area contributed by atoms with Gasteiger partial charge in [0.15, 0.2) is 0 Å². The molecule has 1 atom stereocenters. The fraction of sp³-hybridized carbons (Fsp3) is 0.536. The molecule has 3 rings (SSSR count). The minimum Gasteiger partial charge on any atom is -0.466 e. The predicted molar refractivity (Wildman–Crippen MR) is 137 cm³/mol. The molecule has 1 aliphatic rings. The number of hydrogen-bond acceptors (Lipinski definition) is 4. The van der Waals surface area contributed by atoms with Crippen molar-refractivity contribution < 1.29 is 17.9 Å². The van der Waals surface area contributed by atoms with Crippen LogP contribution < -0.4 is 0 Å². The molecular formula is C28H39NO4S. The summed E-state index contributed by atoms with van der Waals surface area (Å²) in [5, 5.41) is 0. The van der Waals surface area contributed by atoms with Gasteiger partial charge in [-0.25, -0.2) is 8.42 Å². The van der Waals surface area contributed by atoms with Crippen LogP contribution >= 0.6 is 0 Å². The lowest BCUT2D eigenvalue weighted by molar-refractivity contribution is -0.143. The molecule has 1 aliphatic heterocycles. The topological polar surface area (TPSA) is 63.7 Å². The molecule has 0 spiro atoms. The standard InChI is InChI=1S/C28H39NO4S/c30-28(33-23-13-11-16-25-14-4-1-5-15-25)21-9-3-8-19-27-20-10-12-22-29(27)34(31,32)24-26-17-6-2-7-18-26/h1-2,4-7,14-15,17-18,27H,3,8-13,16,19-24H2. The van der Waals surface area contributed by atoms with E-state index in [0.29, 0.717) is 19.6 Å². The third kappa shape index (κ3) is 9.22. The second-order valence-corrected chi connectivity index (χ2v) is 11.2. The fourth-order valence-corrected chi connectivity index (χ4v) is 6.51. The molecule has 2 aromatic carbocycles. The summed E-state index contributed by atoms with van der Waals surface area (Å²) < 4.78 is 33.2. The number of carbonyl (C=O) groups is 1. The van der Waals surface area contributed by atoms with Crippen molar-refractivity contribution in [3.05, 3.63) is 71.8 Å². The zero-order valence-electron chi connectivity index (χ0n) is 20.2. The van der Waals surface area contributed by atoms with E-state index in [1.165, 1.54) is 5.56 Å². The number of piperidine rings is 1. The van der Waals surface area contributed by atoms with Crippen LogP contribution in [-0.2, 0) is 31.7 Å². The van der Waals surface area contributed by atoms with Crippen LogP contribution in [0.25, 0.3) is 0 Å². The van der Waals surface area contributed by atoms with E-state index < -0.39 is 10.0 Å². The number of ether oxygens (including phenoxy) is 1. The number of nitrogens with zero attached hydrogens (tertiary/aromatic N) is 1. The van der Waals surface area contributed by atoms with Gasteiger partial charge in [0.25, 0.3) is 0 Å². The van der Waals surface area contributed by atoms with E-state index in [0.717, 1.165) is 69.8 Å². The molecule has 0 bridgehead atoms. The van der Waals surface area contributed by atoms with Gasteiger partial charge < -0.3 is 4.74 Å². The highest BCUT2D eigenvalue weighted by Gasteiger charge is 2.31. The lowest BCUT2D eigenvalue weighted by atomic mass is 9.99. The van der Waals surface area contributed by atoms with E-state index in [1.54, 1.807) is 4.31 Å². The maximum Gasteiger partial charge on any atom is 0.305 e. The van der Waals surface area contributed by atoms with Crippen LogP contribution in [-0.4, -0.2) is 37.9 Å². The molecular weight excluding hydrogens is 446 g/mol. The van der Waals surface area contributed by atoms with E-state index in [9.17, 15) is 13.2 Å². The van der Waals surface area contributed by atoms with Gasteiger partial charge in [-0.1, -0.05) is 79.9 Å². The average molecular weight is 486 g/mol. The smallest absolute Gasteiger partial charge is 0.305 e. The van der Waals surface area contributed by atoms with E-state index in [2.05, 4.69) is 12.1 Å². The Labute approximate surface area is 205 Å². The van der Waals surface area contributed by atoms with Crippen LogP contribution in [0.15, 0.2) is 60.7 Å². The van der Waals surface area contributed by atoms with Gasteiger partial charge in [-0.15, -0.1) is 0 Å². The molecule has 0 N–H and O–H groups in total.